The number of hydrogen-bond donors (Lipinski definition) is 0. The fourth-order valence-electron chi connectivity index (χ4n) is 3.60. The maximum atomic E-state index is 14.9. The van der Waals surface area contributed by atoms with Crippen LogP contribution in [-0.2, 0) is 11.8 Å². The summed E-state index contributed by atoms with van der Waals surface area (Å²) in [4.78, 5) is 0. The zero-order chi connectivity index (χ0) is 21.0. The highest BCUT2D eigenvalue weighted by atomic mass is 19.1. The molecule has 154 valence electrons. The molecule has 1 aliphatic rings. The van der Waals surface area contributed by atoms with Crippen molar-refractivity contribution in [2.24, 2.45) is 0 Å². The molecule has 0 spiro atoms. The number of allylic oxidation sites excluding steroid dienone is 2. The molecule has 0 saturated heterocycles. The molecule has 0 radical (unpaired) electrons. The lowest BCUT2D eigenvalue weighted by Gasteiger charge is -2.13. The minimum Gasteiger partial charge on any atom is -0.494 e. The summed E-state index contributed by atoms with van der Waals surface area (Å²) in [6.45, 7) is 2.56. The Hall–Kier alpha value is -3.14. The number of halogens is 2. The molecule has 0 atom stereocenters. The SMILES string of the molecule is CCOc1ccc(C2(/C=C(/F)Cc3ccc(F)c(Oc4ccccc4)c3)CC2)cc1. The lowest BCUT2D eigenvalue weighted by atomic mass is 9.94. The van der Waals surface area contributed by atoms with E-state index in [-0.39, 0.29) is 23.4 Å². The van der Waals surface area contributed by atoms with Crippen LogP contribution < -0.4 is 9.47 Å². The van der Waals surface area contributed by atoms with E-state index in [9.17, 15) is 8.78 Å². The van der Waals surface area contributed by atoms with Gasteiger partial charge in [0.05, 0.1) is 6.61 Å². The fraction of sp³-hybridized carbons (Fsp3) is 0.231. The molecule has 1 fully saturated rings. The van der Waals surface area contributed by atoms with Gasteiger partial charge in [0, 0.05) is 11.8 Å². The van der Waals surface area contributed by atoms with E-state index in [4.69, 9.17) is 9.47 Å². The Labute approximate surface area is 175 Å². The van der Waals surface area contributed by atoms with Crippen LogP contribution in [0.3, 0.4) is 0 Å². The van der Waals surface area contributed by atoms with Crippen molar-refractivity contribution >= 4 is 0 Å². The van der Waals surface area contributed by atoms with Crippen LogP contribution in [0.15, 0.2) is 84.7 Å². The Balaban J connectivity index is 1.48. The molecule has 0 heterocycles. The van der Waals surface area contributed by atoms with Crippen molar-refractivity contribution in [3.8, 4) is 17.2 Å². The first-order valence-electron chi connectivity index (χ1n) is 10.2. The Bertz CT molecular complexity index is 1020. The Morgan fingerprint density at radius 2 is 1.70 bits per heavy atom. The van der Waals surface area contributed by atoms with Crippen molar-refractivity contribution in [2.45, 2.75) is 31.6 Å². The van der Waals surface area contributed by atoms with Gasteiger partial charge in [-0.25, -0.2) is 8.78 Å². The van der Waals surface area contributed by atoms with Gasteiger partial charge in [-0.3, -0.25) is 0 Å². The third kappa shape index (κ3) is 4.70. The van der Waals surface area contributed by atoms with Crippen molar-refractivity contribution in [1.29, 1.82) is 0 Å². The predicted molar refractivity (Wildman–Crippen MR) is 114 cm³/mol. The van der Waals surface area contributed by atoms with E-state index in [0.717, 1.165) is 24.2 Å². The molecule has 0 aromatic heterocycles. The number of ether oxygens (including phenoxy) is 2. The zero-order valence-corrected chi connectivity index (χ0v) is 16.9. The second-order valence-corrected chi connectivity index (χ2v) is 7.56. The second-order valence-electron chi connectivity index (χ2n) is 7.56. The highest BCUT2D eigenvalue weighted by Crippen LogP contribution is 2.50. The highest BCUT2D eigenvalue weighted by molar-refractivity contribution is 5.42. The maximum Gasteiger partial charge on any atom is 0.165 e. The van der Waals surface area contributed by atoms with Gasteiger partial charge in [-0.15, -0.1) is 0 Å². The van der Waals surface area contributed by atoms with Crippen molar-refractivity contribution in [3.05, 3.63) is 102 Å². The van der Waals surface area contributed by atoms with Crippen LogP contribution in [0.5, 0.6) is 17.2 Å². The lowest BCUT2D eigenvalue weighted by Crippen LogP contribution is -2.04. The van der Waals surface area contributed by atoms with Gasteiger partial charge >= 0.3 is 0 Å². The lowest BCUT2D eigenvalue weighted by molar-refractivity contribution is 0.340. The molecule has 0 aliphatic heterocycles. The molecule has 4 rings (SSSR count). The Morgan fingerprint density at radius 3 is 2.37 bits per heavy atom. The molecule has 0 N–H and O–H groups in total. The first kappa shape index (κ1) is 20.1. The van der Waals surface area contributed by atoms with Gasteiger partial charge in [0.1, 0.15) is 17.3 Å². The summed E-state index contributed by atoms with van der Waals surface area (Å²) in [5.74, 6) is 0.758. The van der Waals surface area contributed by atoms with Crippen LogP contribution in [0.2, 0.25) is 0 Å². The van der Waals surface area contributed by atoms with E-state index in [1.807, 2.05) is 49.4 Å². The molecule has 4 heteroatoms. The summed E-state index contributed by atoms with van der Waals surface area (Å²) < 4.78 is 40.1. The molecule has 1 saturated carbocycles. The van der Waals surface area contributed by atoms with Gasteiger partial charge in [0.2, 0.25) is 0 Å². The minimum absolute atomic E-state index is 0.0964. The van der Waals surface area contributed by atoms with Crippen LogP contribution in [0.1, 0.15) is 30.9 Å². The molecule has 0 bridgehead atoms. The van der Waals surface area contributed by atoms with Gasteiger partial charge in [-0.05, 0) is 73.4 Å². The van der Waals surface area contributed by atoms with Gasteiger partial charge in [0.25, 0.3) is 0 Å². The standard InChI is InChI=1S/C26H24F2O2/c1-2-29-22-11-9-20(10-12-22)26(14-15-26)18-21(27)16-19-8-13-24(28)25(17-19)30-23-6-4-3-5-7-23/h3-13,17-18H,2,14-16H2,1H3/b21-18+. The summed E-state index contributed by atoms with van der Waals surface area (Å²) in [7, 11) is 0. The van der Waals surface area contributed by atoms with Crippen LogP contribution in [0.4, 0.5) is 8.78 Å². The van der Waals surface area contributed by atoms with Crippen LogP contribution in [0, 0.1) is 5.82 Å². The zero-order valence-electron chi connectivity index (χ0n) is 16.9. The number of para-hydroxylation sites is 1. The molecule has 2 nitrogen and oxygen atoms in total. The van der Waals surface area contributed by atoms with E-state index in [1.165, 1.54) is 6.07 Å². The Kier molecular flexibility index (Phi) is 5.84. The van der Waals surface area contributed by atoms with E-state index in [0.29, 0.717) is 17.9 Å². The molecular formula is C26H24F2O2. The number of hydrogen-bond acceptors (Lipinski definition) is 2. The Morgan fingerprint density at radius 1 is 0.967 bits per heavy atom. The third-order valence-electron chi connectivity index (χ3n) is 5.30. The smallest absolute Gasteiger partial charge is 0.165 e. The first-order valence-corrected chi connectivity index (χ1v) is 10.2. The van der Waals surface area contributed by atoms with Gasteiger partial charge in [0.15, 0.2) is 11.6 Å². The molecule has 0 unspecified atom stereocenters. The highest BCUT2D eigenvalue weighted by Gasteiger charge is 2.42. The largest absolute Gasteiger partial charge is 0.494 e. The van der Waals surface area contributed by atoms with Crippen LogP contribution >= 0.6 is 0 Å². The fourth-order valence-corrected chi connectivity index (χ4v) is 3.60. The van der Waals surface area contributed by atoms with E-state index in [1.54, 1.807) is 30.3 Å². The quantitative estimate of drug-likeness (QED) is 0.396. The average molecular weight is 406 g/mol. The van der Waals surface area contributed by atoms with Gasteiger partial charge < -0.3 is 9.47 Å². The van der Waals surface area contributed by atoms with Crippen molar-refractivity contribution in [2.75, 3.05) is 6.61 Å². The van der Waals surface area contributed by atoms with E-state index >= 15 is 0 Å². The van der Waals surface area contributed by atoms with Crippen LogP contribution in [0.25, 0.3) is 0 Å². The van der Waals surface area contributed by atoms with Crippen molar-refractivity contribution in [1.82, 2.24) is 0 Å². The predicted octanol–water partition coefficient (Wildman–Crippen LogP) is 7.14. The van der Waals surface area contributed by atoms with Gasteiger partial charge in [-0.1, -0.05) is 36.4 Å². The first-order chi connectivity index (χ1) is 14.6. The normalized spacial score (nSPS) is 15.0. The molecule has 1 aliphatic carbocycles. The summed E-state index contributed by atoms with van der Waals surface area (Å²) in [5, 5.41) is 0. The molecule has 0 amide bonds. The summed E-state index contributed by atoms with van der Waals surface area (Å²) >= 11 is 0. The monoisotopic (exact) mass is 406 g/mol. The number of rotatable bonds is 8. The second kappa shape index (κ2) is 8.70. The van der Waals surface area contributed by atoms with E-state index in [2.05, 4.69) is 0 Å². The topological polar surface area (TPSA) is 18.5 Å². The maximum absolute atomic E-state index is 14.9. The molecule has 30 heavy (non-hydrogen) atoms. The minimum atomic E-state index is -0.472. The van der Waals surface area contributed by atoms with E-state index < -0.39 is 5.82 Å². The molecule has 3 aromatic rings. The van der Waals surface area contributed by atoms with Crippen molar-refractivity contribution in [3.63, 3.8) is 0 Å². The third-order valence-corrected chi connectivity index (χ3v) is 5.30. The number of benzene rings is 3. The van der Waals surface area contributed by atoms with Gasteiger partial charge in [-0.2, -0.15) is 0 Å². The van der Waals surface area contributed by atoms with Crippen molar-refractivity contribution < 1.29 is 18.3 Å². The summed E-state index contributed by atoms with van der Waals surface area (Å²) in [6, 6.07) is 21.3. The van der Waals surface area contributed by atoms with Crippen LogP contribution in [-0.4, -0.2) is 6.61 Å². The average Bonchev–Trinajstić information content (AvgIpc) is 3.52. The summed E-state index contributed by atoms with van der Waals surface area (Å²) in [6.07, 6.45) is 3.65. The molecule has 3 aromatic carbocycles. The molecular weight excluding hydrogens is 382 g/mol. The summed E-state index contributed by atoms with van der Waals surface area (Å²) in [5.41, 5.74) is 1.50.